The van der Waals surface area contributed by atoms with Crippen molar-refractivity contribution < 1.29 is 23.5 Å². The minimum absolute atomic E-state index is 0.0982. The Morgan fingerprint density at radius 2 is 1.63 bits per heavy atom. The van der Waals surface area contributed by atoms with Crippen molar-refractivity contribution in [1.82, 2.24) is 10.2 Å². The second-order valence-electron chi connectivity index (χ2n) is 6.04. The second kappa shape index (κ2) is 9.79. The molecule has 3 rings (SSSR count). The van der Waals surface area contributed by atoms with Gasteiger partial charge >= 0.3 is 0 Å². The van der Waals surface area contributed by atoms with Crippen molar-refractivity contribution in [3.05, 3.63) is 42.5 Å². The van der Waals surface area contributed by atoms with E-state index in [2.05, 4.69) is 20.8 Å². The van der Waals surface area contributed by atoms with Crippen LogP contribution in [0.3, 0.4) is 0 Å². The highest BCUT2D eigenvalue weighted by Gasteiger charge is 2.14. The number of hydrogen-bond acceptors (Lipinski definition) is 8. The van der Waals surface area contributed by atoms with Crippen molar-refractivity contribution >= 4 is 35.0 Å². The van der Waals surface area contributed by atoms with E-state index in [4.69, 9.17) is 13.9 Å². The number of amides is 2. The maximum absolute atomic E-state index is 12.2. The summed E-state index contributed by atoms with van der Waals surface area (Å²) in [6.45, 7) is 1.43. The largest absolute Gasteiger partial charge is 0.493 e. The first kappa shape index (κ1) is 21.2. The van der Waals surface area contributed by atoms with Crippen LogP contribution in [-0.2, 0) is 9.59 Å². The summed E-state index contributed by atoms with van der Waals surface area (Å²) in [7, 11) is 3.10. The van der Waals surface area contributed by atoms with Gasteiger partial charge in [-0.15, -0.1) is 10.2 Å². The lowest BCUT2D eigenvalue weighted by Crippen LogP contribution is -2.14. The highest BCUT2D eigenvalue weighted by atomic mass is 32.2. The van der Waals surface area contributed by atoms with Crippen LogP contribution in [0.2, 0.25) is 0 Å². The van der Waals surface area contributed by atoms with Gasteiger partial charge in [-0.25, -0.2) is 0 Å². The number of hydrogen-bond donors (Lipinski definition) is 2. The number of nitrogens with zero attached hydrogens (tertiary/aromatic N) is 2. The van der Waals surface area contributed by atoms with Crippen LogP contribution in [0.25, 0.3) is 11.5 Å². The molecule has 0 bridgehead atoms. The Balaban J connectivity index is 1.56. The van der Waals surface area contributed by atoms with Crippen LogP contribution in [0.5, 0.6) is 11.5 Å². The molecular formula is C20H20N4O5S. The lowest BCUT2D eigenvalue weighted by Gasteiger charge is -2.07. The standard InChI is InChI=1S/C20H20N4O5S/c1-12(25)21-14-5-7-15(8-6-14)22-18(26)11-30-20-24-23-19(29-20)13-4-9-16(27-2)17(10-13)28-3/h4-10H,11H2,1-3H3,(H,21,25)(H,22,26). The third-order valence-electron chi connectivity index (χ3n) is 3.85. The van der Waals surface area contributed by atoms with Crippen LogP contribution in [0, 0.1) is 0 Å². The van der Waals surface area contributed by atoms with Crippen molar-refractivity contribution in [2.24, 2.45) is 0 Å². The fourth-order valence-electron chi connectivity index (χ4n) is 2.52. The van der Waals surface area contributed by atoms with Gasteiger partial charge in [-0.2, -0.15) is 0 Å². The number of anilines is 2. The van der Waals surface area contributed by atoms with Gasteiger partial charge in [0.1, 0.15) is 0 Å². The van der Waals surface area contributed by atoms with Crippen molar-refractivity contribution in [3.63, 3.8) is 0 Å². The van der Waals surface area contributed by atoms with Crippen molar-refractivity contribution in [2.75, 3.05) is 30.6 Å². The second-order valence-corrected chi connectivity index (χ2v) is 6.96. The maximum Gasteiger partial charge on any atom is 0.277 e. The highest BCUT2D eigenvalue weighted by molar-refractivity contribution is 7.99. The average Bonchev–Trinajstić information content (AvgIpc) is 3.22. The molecule has 0 aliphatic carbocycles. The van der Waals surface area contributed by atoms with E-state index in [0.29, 0.717) is 34.3 Å². The van der Waals surface area contributed by atoms with Crippen LogP contribution in [0.15, 0.2) is 52.1 Å². The monoisotopic (exact) mass is 428 g/mol. The Labute approximate surface area is 177 Å². The molecule has 0 saturated heterocycles. The van der Waals surface area contributed by atoms with Crippen molar-refractivity contribution in [3.8, 4) is 23.0 Å². The Bertz CT molecular complexity index is 1040. The number of rotatable bonds is 8. The molecule has 0 spiro atoms. The minimum atomic E-state index is -0.224. The third-order valence-corrected chi connectivity index (χ3v) is 4.67. The molecule has 1 heterocycles. The first-order valence-corrected chi connectivity index (χ1v) is 9.83. The Morgan fingerprint density at radius 1 is 0.967 bits per heavy atom. The summed E-state index contributed by atoms with van der Waals surface area (Å²) in [5.74, 6) is 1.17. The number of carbonyl (C=O) groups is 2. The summed E-state index contributed by atoms with van der Waals surface area (Å²) in [4.78, 5) is 23.2. The van der Waals surface area contributed by atoms with Gasteiger partial charge in [-0.3, -0.25) is 9.59 Å². The molecule has 0 radical (unpaired) electrons. The van der Waals surface area contributed by atoms with E-state index in [1.807, 2.05) is 0 Å². The van der Waals surface area contributed by atoms with E-state index in [1.165, 1.54) is 6.92 Å². The molecule has 0 atom stereocenters. The summed E-state index contributed by atoms with van der Waals surface area (Å²) in [6, 6.07) is 12.1. The molecule has 0 aliphatic rings. The van der Waals surface area contributed by atoms with Crippen LogP contribution in [0.4, 0.5) is 11.4 Å². The molecule has 0 saturated carbocycles. The predicted molar refractivity (Wildman–Crippen MR) is 113 cm³/mol. The summed E-state index contributed by atoms with van der Waals surface area (Å²) in [5.41, 5.74) is 1.95. The van der Waals surface area contributed by atoms with E-state index in [1.54, 1.807) is 56.7 Å². The molecule has 0 unspecified atom stereocenters. The van der Waals surface area contributed by atoms with Gasteiger partial charge in [-0.05, 0) is 42.5 Å². The molecule has 2 amide bonds. The van der Waals surface area contributed by atoms with Crippen LogP contribution >= 0.6 is 11.8 Å². The van der Waals surface area contributed by atoms with Crippen molar-refractivity contribution in [1.29, 1.82) is 0 Å². The topological polar surface area (TPSA) is 116 Å². The van der Waals surface area contributed by atoms with Gasteiger partial charge < -0.3 is 24.5 Å². The molecule has 9 nitrogen and oxygen atoms in total. The van der Waals surface area contributed by atoms with Crippen LogP contribution in [0.1, 0.15) is 6.92 Å². The van der Waals surface area contributed by atoms with E-state index in [0.717, 1.165) is 11.8 Å². The molecular weight excluding hydrogens is 408 g/mol. The number of aromatic nitrogens is 2. The van der Waals surface area contributed by atoms with Gasteiger partial charge in [0.05, 0.1) is 20.0 Å². The number of methoxy groups -OCH3 is 2. The lowest BCUT2D eigenvalue weighted by molar-refractivity contribution is -0.114. The minimum Gasteiger partial charge on any atom is -0.493 e. The molecule has 2 aromatic carbocycles. The van der Waals surface area contributed by atoms with Gasteiger partial charge in [0.2, 0.25) is 17.7 Å². The molecule has 3 aromatic rings. The van der Waals surface area contributed by atoms with Crippen LogP contribution < -0.4 is 20.1 Å². The fraction of sp³-hybridized carbons (Fsp3) is 0.200. The molecule has 30 heavy (non-hydrogen) atoms. The summed E-state index contributed by atoms with van der Waals surface area (Å²) >= 11 is 1.13. The molecule has 10 heteroatoms. The molecule has 1 aromatic heterocycles. The van der Waals surface area contributed by atoms with E-state index in [9.17, 15) is 9.59 Å². The first-order valence-electron chi connectivity index (χ1n) is 8.84. The normalized spacial score (nSPS) is 10.4. The Kier molecular flexibility index (Phi) is 6.91. The molecule has 156 valence electrons. The van der Waals surface area contributed by atoms with E-state index < -0.39 is 0 Å². The Hall–Kier alpha value is -3.53. The fourth-order valence-corrected chi connectivity index (χ4v) is 3.08. The third kappa shape index (κ3) is 5.51. The number of benzene rings is 2. The predicted octanol–water partition coefficient (Wildman–Crippen LogP) is 3.44. The van der Waals surface area contributed by atoms with E-state index >= 15 is 0 Å². The Morgan fingerprint density at radius 3 is 2.27 bits per heavy atom. The molecule has 2 N–H and O–H groups in total. The van der Waals surface area contributed by atoms with Crippen molar-refractivity contribution in [2.45, 2.75) is 12.1 Å². The average molecular weight is 428 g/mol. The first-order chi connectivity index (χ1) is 14.5. The molecule has 0 aliphatic heterocycles. The zero-order chi connectivity index (χ0) is 21.5. The smallest absolute Gasteiger partial charge is 0.277 e. The lowest BCUT2D eigenvalue weighted by atomic mass is 10.2. The van der Waals surface area contributed by atoms with Crippen LogP contribution in [-0.4, -0.2) is 42.0 Å². The van der Waals surface area contributed by atoms with E-state index in [-0.39, 0.29) is 22.8 Å². The summed E-state index contributed by atoms with van der Waals surface area (Å²) in [6.07, 6.45) is 0. The number of ether oxygens (including phenoxy) is 2. The number of thioether (sulfide) groups is 1. The SMILES string of the molecule is COc1ccc(-c2nnc(SCC(=O)Nc3ccc(NC(C)=O)cc3)o2)cc1OC. The van der Waals surface area contributed by atoms with Gasteiger partial charge in [0.15, 0.2) is 11.5 Å². The zero-order valence-corrected chi connectivity index (χ0v) is 17.4. The quantitative estimate of drug-likeness (QED) is 0.524. The number of carbonyl (C=O) groups excluding carboxylic acids is 2. The molecule has 0 fully saturated rings. The zero-order valence-electron chi connectivity index (χ0n) is 16.6. The maximum atomic E-state index is 12.2. The highest BCUT2D eigenvalue weighted by Crippen LogP contribution is 2.32. The van der Waals surface area contributed by atoms with Gasteiger partial charge in [-0.1, -0.05) is 11.8 Å². The summed E-state index contributed by atoms with van der Waals surface area (Å²) in [5, 5.41) is 13.7. The summed E-state index contributed by atoms with van der Waals surface area (Å²) < 4.78 is 16.1. The van der Waals surface area contributed by atoms with Gasteiger partial charge in [0.25, 0.3) is 5.22 Å². The number of nitrogens with one attached hydrogen (secondary N) is 2. The van der Waals surface area contributed by atoms with Gasteiger partial charge in [0, 0.05) is 23.9 Å².